The third-order valence-electron chi connectivity index (χ3n) is 4.38. The highest BCUT2D eigenvalue weighted by Gasteiger charge is 2.28. The van der Waals surface area contributed by atoms with Crippen molar-refractivity contribution in [3.05, 3.63) is 29.8 Å². The van der Waals surface area contributed by atoms with E-state index in [2.05, 4.69) is 34.5 Å². The van der Waals surface area contributed by atoms with Crippen LogP contribution in [-0.2, 0) is 6.54 Å². The Bertz CT molecular complexity index is 427. The summed E-state index contributed by atoms with van der Waals surface area (Å²) in [5, 5.41) is 3.18. The molecule has 116 valence electrons. The van der Waals surface area contributed by atoms with E-state index in [-0.39, 0.29) is 0 Å². The Morgan fingerprint density at radius 2 is 1.86 bits per heavy atom. The fourth-order valence-electron chi connectivity index (χ4n) is 2.83. The van der Waals surface area contributed by atoms with Gasteiger partial charge in [0.1, 0.15) is 12.4 Å². The summed E-state index contributed by atoms with van der Waals surface area (Å²) >= 11 is 0. The van der Waals surface area contributed by atoms with Gasteiger partial charge in [-0.05, 0) is 62.3 Å². The predicted molar refractivity (Wildman–Crippen MR) is 86.6 cm³/mol. The first-order chi connectivity index (χ1) is 10.3. The SMILES string of the molecule is CNCc1cccc(OCCN(CC2CC2)CC2CC2)c1. The first kappa shape index (κ1) is 14.9. The summed E-state index contributed by atoms with van der Waals surface area (Å²) in [5.74, 6) is 2.95. The van der Waals surface area contributed by atoms with Gasteiger partial charge < -0.3 is 10.1 Å². The van der Waals surface area contributed by atoms with Crippen molar-refractivity contribution in [1.82, 2.24) is 10.2 Å². The van der Waals surface area contributed by atoms with Gasteiger partial charge in [0.25, 0.3) is 0 Å². The Morgan fingerprint density at radius 3 is 2.48 bits per heavy atom. The molecule has 2 aliphatic rings. The van der Waals surface area contributed by atoms with E-state index in [4.69, 9.17) is 4.74 Å². The third-order valence-corrected chi connectivity index (χ3v) is 4.38. The lowest BCUT2D eigenvalue weighted by Crippen LogP contribution is -2.32. The van der Waals surface area contributed by atoms with Crippen molar-refractivity contribution in [2.24, 2.45) is 11.8 Å². The number of ether oxygens (including phenoxy) is 1. The second kappa shape index (κ2) is 7.28. The fourth-order valence-corrected chi connectivity index (χ4v) is 2.83. The number of rotatable bonds is 10. The molecular weight excluding hydrogens is 260 g/mol. The molecule has 0 aromatic heterocycles. The predicted octanol–water partition coefficient (Wildman–Crippen LogP) is 2.91. The van der Waals surface area contributed by atoms with Gasteiger partial charge in [0.15, 0.2) is 0 Å². The van der Waals surface area contributed by atoms with Crippen molar-refractivity contribution in [2.45, 2.75) is 32.2 Å². The maximum Gasteiger partial charge on any atom is 0.119 e. The molecule has 0 saturated heterocycles. The number of hydrogen-bond acceptors (Lipinski definition) is 3. The van der Waals surface area contributed by atoms with Crippen LogP contribution in [0, 0.1) is 11.8 Å². The van der Waals surface area contributed by atoms with E-state index in [1.54, 1.807) is 0 Å². The van der Waals surface area contributed by atoms with E-state index in [1.165, 1.54) is 44.3 Å². The van der Waals surface area contributed by atoms with Crippen molar-refractivity contribution in [1.29, 1.82) is 0 Å². The van der Waals surface area contributed by atoms with E-state index in [0.717, 1.165) is 37.3 Å². The number of hydrogen-bond donors (Lipinski definition) is 1. The molecule has 0 aliphatic heterocycles. The molecule has 3 rings (SSSR count). The quantitative estimate of drug-likeness (QED) is 0.716. The Balaban J connectivity index is 1.43. The van der Waals surface area contributed by atoms with Gasteiger partial charge in [-0.2, -0.15) is 0 Å². The zero-order chi connectivity index (χ0) is 14.5. The molecule has 1 N–H and O–H groups in total. The van der Waals surface area contributed by atoms with Crippen molar-refractivity contribution in [2.75, 3.05) is 33.3 Å². The van der Waals surface area contributed by atoms with Crippen LogP contribution in [0.5, 0.6) is 5.75 Å². The van der Waals surface area contributed by atoms with E-state index in [0.29, 0.717) is 0 Å². The normalized spacial score (nSPS) is 18.2. The largest absolute Gasteiger partial charge is 0.492 e. The molecule has 0 heterocycles. The molecule has 0 atom stereocenters. The topological polar surface area (TPSA) is 24.5 Å². The van der Waals surface area contributed by atoms with Crippen LogP contribution in [0.1, 0.15) is 31.2 Å². The molecule has 2 fully saturated rings. The number of nitrogens with zero attached hydrogens (tertiary/aromatic N) is 1. The molecule has 0 unspecified atom stereocenters. The van der Waals surface area contributed by atoms with Gasteiger partial charge >= 0.3 is 0 Å². The second-order valence-electron chi connectivity index (χ2n) is 6.67. The molecule has 2 saturated carbocycles. The summed E-state index contributed by atoms with van der Waals surface area (Å²) < 4.78 is 5.96. The number of nitrogens with one attached hydrogen (secondary N) is 1. The van der Waals surface area contributed by atoms with E-state index >= 15 is 0 Å². The second-order valence-corrected chi connectivity index (χ2v) is 6.67. The van der Waals surface area contributed by atoms with Crippen molar-refractivity contribution in [3.8, 4) is 5.75 Å². The van der Waals surface area contributed by atoms with Crippen molar-refractivity contribution < 1.29 is 4.74 Å². The van der Waals surface area contributed by atoms with Gasteiger partial charge in [0.2, 0.25) is 0 Å². The van der Waals surface area contributed by atoms with Crippen LogP contribution in [0.4, 0.5) is 0 Å². The summed E-state index contributed by atoms with van der Waals surface area (Å²) in [5.41, 5.74) is 1.28. The molecule has 3 heteroatoms. The molecule has 0 radical (unpaired) electrons. The molecule has 2 aliphatic carbocycles. The minimum Gasteiger partial charge on any atom is -0.492 e. The van der Waals surface area contributed by atoms with Gasteiger partial charge in [0.05, 0.1) is 0 Å². The van der Waals surface area contributed by atoms with Gasteiger partial charge in [-0.15, -0.1) is 0 Å². The van der Waals surface area contributed by atoms with Crippen molar-refractivity contribution in [3.63, 3.8) is 0 Å². The number of benzene rings is 1. The van der Waals surface area contributed by atoms with Gasteiger partial charge in [-0.1, -0.05) is 12.1 Å². The summed E-state index contributed by atoms with van der Waals surface area (Å²) in [6, 6.07) is 8.41. The molecule has 1 aromatic carbocycles. The fraction of sp³-hybridized carbons (Fsp3) is 0.667. The Hall–Kier alpha value is -1.06. The molecule has 0 bridgehead atoms. The van der Waals surface area contributed by atoms with E-state index < -0.39 is 0 Å². The lowest BCUT2D eigenvalue weighted by atomic mass is 10.2. The first-order valence-corrected chi connectivity index (χ1v) is 8.42. The van der Waals surface area contributed by atoms with E-state index in [1.807, 2.05) is 7.05 Å². The first-order valence-electron chi connectivity index (χ1n) is 8.42. The highest BCUT2D eigenvalue weighted by atomic mass is 16.5. The van der Waals surface area contributed by atoms with Crippen LogP contribution in [-0.4, -0.2) is 38.2 Å². The van der Waals surface area contributed by atoms with Crippen LogP contribution >= 0.6 is 0 Å². The maximum atomic E-state index is 5.96. The summed E-state index contributed by atoms with van der Waals surface area (Å²) in [6.07, 6.45) is 5.75. The lowest BCUT2D eigenvalue weighted by molar-refractivity contribution is 0.197. The average molecular weight is 288 g/mol. The standard InChI is InChI=1S/C18H28N2O/c1-19-12-17-3-2-4-18(11-17)21-10-9-20(13-15-5-6-15)14-16-7-8-16/h2-4,11,15-16,19H,5-10,12-14H2,1H3. The van der Waals surface area contributed by atoms with Crippen LogP contribution in [0.3, 0.4) is 0 Å². The van der Waals surface area contributed by atoms with E-state index in [9.17, 15) is 0 Å². The smallest absolute Gasteiger partial charge is 0.119 e. The van der Waals surface area contributed by atoms with Gasteiger partial charge in [-0.25, -0.2) is 0 Å². The molecule has 21 heavy (non-hydrogen) atoms. The minimum absolute atomic E-state index is 0.808. The molecular formula is C18H28N2O. The summed E-state index contributed by atoms with van der Waals surface area (Å²) in [4.78, 5) is 2.63. The molecule has 3 nitrogen and oxygen atoms in total. The summed E-state index contributed by atoms with van der Waals surface area (Å²) in [6.45, 7) is 5.36. The Kier molecular flexibility index (Phi) is 5.15. The van der Waals surface area contributed by atoms with Gasteiger partial charge in [-0.3, -0.25) is 4.90 Å². The van der Waals surface area contributed by atoms with Crippen LogP contribution in [0.15, 0.2) is 24.3 Å². The van der Waals surface area contributed by atoms with Crippen LogP contribution < -0.4 is 10.1 Å². The lowest BCUT2D eigenvalue weighted by Gasteiger charge is -2.22. The average Bonchev–Trinajstić information content (AvgIpc) is 3.36. The zero-order valence-corrected chi connectivity index (χ0v) is 13.2. The molecule has 0 amide bonds. The molecule has 0 spiro atoms. The summed E-state index contributed by atoms with van der Waals surface area (Å²) in [7, 11) is 1.97. The molecule has 1 aromatic rings. The third kappa shape index (κ3) is 5.33. The highest BCUT2D eigenvalue weighted by Crippen LogP contribution is 2.33. The Morgan fingerprint density at radius 1 is 1.14 bits per heavy atom. The van der Waals surface area contributed by atoms with Crippen LogP contribution in [0.2, 0.25) is 0 Å². The Labute approximate surface area is 128 Å². The monoisotopic (exact) mass is 288 g/mol. The highest BCUT2D eigenvalue weighted by molar-refractivity contribution is 5.28. The minimum atomic E-state index is 0.808. The zero-order valence-electron chi connectivity index (χ0n) is 13.2. The van der Waals surface area contributed by atoms with Crippen molar-refractivity contribution >= 4 is 0 Å². The maximum absolute atomic E-state index is 5.96. The van der Waals surface area contributed by atoms with Crippen LogP contribution in [0.25, 0.3) is 0 Å². The van der Waals surface area contributed by atoms with Gasteiger partial charge in [0, 0.05) is 26.2 Å².